The zero-order chi connectivity index (χ0) is 27.4. The van der Waals surface area contributed by atoms with E-state index in [0.29, 0.717) is 11.0 Å². The third-order valence-corrected chi connectivity index (χ3v) is 7.46. The number of carbonyl (C=O) groups is 3. The third-order valence-electron chi connectivity index (χ3n) is 7.18. The fraction of sp³-hybridized carbons (Fsp3) is 0.417. The van der Waals surface area contributed by atoms with E-state index in [4.69, 9.17) is 28.5 Å². The highest BCUT2D eigenvalue weighted by Gasteiger charge is 2.47. The van der Waals surface area contributed by atoms with Crippen molar-refractivity contribution in [3.8, 4) is 0 Å². The van der Waals surface area contributed by atoms with Gasteiger partial charge in [-0.3, -0.25) is 20.3 Å². The summed E-state index contributed by atoms with van der Waals surface area (Å²) in [5.41, 5.74) is 11.8. The lowest BCUT2D eigenvalue weighted by molar-refractivity contribution is -0.936. The minimum absolute atomic E-state index is 0.103. The number of piperidine rings is 3. The smallest absolute Gasteiger partial charge is 0.326 e. The number of nitrogens with zero attached hydrogens (tertiary/aromatic N) is 3. The standard InChI is InChI=1S/C24H30ClN9O4/c25-19-21(27)32-20(26)18(31-19)22(36)33-24(28)30-16-11-34(8-6-14(16)7-9-34)12-17(35)29-15(23(37)38)10-13-4-2-1-3-5-13/h1-5,14-16H,6-12H2,(H8-,26,27,28,29,30,32,33,35,36,37,38)/p+1/t14?,15-,16-,34?/m1/s1. The molecule has 3 saturated heterocycles. The molecule has 3 fully saturated rings. The van der Waals surface area contributed by atoms with Crippen molar-refractivity contribution in [2.45, 2.75) is 31.3 Å². The Hall–Kier alpha value is -3.97. The molecule has 2 amide bonds. The maximum atomic E-state index is 13.0. The molecule has 4 heterocycles. The van der Waals surface area contributed by atoms with E-state index in [1.54, 1.807) is 0 Å². The summed E-state index contributed by atoms with van der Waals surface area (Å²) in [4.78, 5) is 44.9. The number of quaternary nitrogens is 1. The van der Waals surface area contributed by atoms with Crippen LogP contribution in [0.5, 0.6) is 0 Å². The third kappa shape index (κ3) is 6.29. The number of hydrogen-bond acceptors (Lipinski definition) is 8. The molecule has 9 N–H and O–H groups in total. The van der Waals surface area contributed by atoms with Crippen LogP contribution in [-0.2, 0) is 16.0 Å². The average Bonchev–Trinajstić information content (AvgIpc) is 2.86. The van der Waals surface area contributed by atoms with E-state index in [1.165, 1.54) is 0 Å². The lowest BCUT2D eigenvalue weighted by Crippen LogP contribution is -2.69. The maximum Gasteiger partial charge on any atom is 0.326 e. The van der Waals surface area contributed by atoms with Crippen LogP contribution < -0.4 is 27.4 Å². The summed E-state index contributed by atoms with van der Waals surface area (Å²) in [5.74, 6) is -2.44. The van der Waals surface area contributed by atoms with Gasteiger partial charge in [0.25, 0.3) is 11.8 Å². The van der Waals surface area contributed by atoms with Crippen molar-refractivity contribution in [3.63, 3.8) is 0 Å². The van der Waals surface area contributed by atoms with Gasteiger partial charge in [0.15, 0.2) is 35.0 Å². The van der Waals surface area contributed by atoms with Crippen LogP contribution in [0.25, 0.3) is 0 Å². The monoisotopic (exact) mass is 544 g/mol. The number of fused-ring (bicyclic) bond motifs is 3. The van der Waals surface area contributed by atoms with Crippen LogP contribution in [0, 0.1) is 11.3 Å². The first kappa shape index (κ1) is 27.1. The number of anilines is 2. The predicted octanol–water partition coefficient (Wildman–Crippen LogP) is -0.0303. The fourth-order valence-corrected chi connectivity index (χ4v) is 5.40. The number of nitrogen functional groups attached to an aromatic ring is 2. The van der Waals surface area contributed by atoms with Gasteiger partial charge in [-0.2, -0.15) is 0 Å². The number of rotatable bonds is 8. The number of aliphatic carboxylic acids is 1. The van der Waals surface area contributed by atoms with Gasteiger partial charge in [0.1, 0.15) is 6.04 Å². The van der Waals surface area contributed by atoms with E-state index < -0.39 is 17.9 Å². The summed E-state index contributed by atoms with van der Waals surface area (Å²) >= 11 is 5.84. The Bertz CT molecular complexity index is 1230. The normalized spacial score (nSPS) is 22.8. The molecule has 5 rings (SSSR count). The fourth-order valence-electron chi connectivity index (χ4n) is 5.27. The Labute approximate surface area is 224 Å². The summed E-state index contributed by atoms with van der Waals surface area (Å²) in [5, 5.41) is 25.9. The Morgan fingerprint density at radius 3 is 2.47 bits per heavy atom. The molecule has 2 bridgehead atoms. The summed E-state index contributed by atoms with van der Waals surface area (Å²) in [6, 6.07) is 7.97. The van der Waals surface area contributed by atoms with Gasteiger partial charge in [0.05, 0.1) is 25.7 Å². The molecule has 0 unspecified atom stereocenters. The molecule has 38 heavy (non-hydrogen) atoms. The highest BCUT2D eigenvalue weighted by Crippen LogP contribution is 2.33. The van der Waals surface area contributed by atoms with Gasteiger partial charge in [0, 0.05) is 19.3 Å². The number of aromatic nitrogens is 2. The topological polar surface area (TPSA) is 209 Å². The van der Waals surface area contributed by atoms with Crippen molar-refractivity contribution in [2.24, 2.45) is 5.92 Å². The summed E-state index contributed by atoms with van der Waals surface area (Å²) in [6.07, 6.45) is 1.87. The van der Waals surface area contributed by atoms with Crippen LogP contribution in [0.4, 0.5) is 11.6 Å². The minimum Gasteiger partial charge on any atom is -0.480 e. The first-order chi connectivity index (χ1) is 18.0. The van der Waals surface area contributed by atoms with E-state index in [2.05, 4.69) is 25.9 Å². The number of hydrogen-bond donors (Lipinski definition) is 7. The highest BCUT2D eigenvalue weighted by molar-refractivity contribution is 6.31. The number of carboxylic acid groups (broad SMARTS) is 1. The van der Waals surface area contributed by atoms with Gasteiger partial charge in [-0.25, -0.2) is 14.8 Å². The van der Waals surface area contributed by atoms with Crippen LogP contribution in [-0.4, -0.2) is 81.6 Å². The van der Waals surface area contributed by atoms with Gasteiger partial charge in [-0.05, 0) is 11.5 Å². The molecular formula is C24H31ClN9O4+. The van der Waals surface area contributed by atoms with E-state index in [1.807, 2.05) is 30.3 Å². The van der Waals surface area contributed by atoms with Gasteiger partial charge in [0.2, 0.25) is 0 Å². The first-order valence-electron chi connectivity index (χ1n) is 12.2. The zero-order valence-corrected chi connectivity index (χ0v) is 21.4. The molecule has 2 atom stereocenters. The molecule has 202 valence electrons. The zero-order valence-electron chi connectivity index (χ0n) is 20.6. The van der Waals surface area contributed by atoms with E-state index in [0.717, 1.165) is 31.5 Å². The van der Waals surface area contributed by atoms with Crippen molar-refractivity contribution < 1.29 is 24.0 Å². The van der Waals surface area contributed by atoms with E-state index >= 15 is 0 Å². The first-order valence-corrected chi connectivity index (χ1v) is 12.6. The van der Waals surface area contributed by atoms with Gasteiger partial charge in [-0.1, -0.05) is 41.9 Å². The maximum absolute atomic E-state index is 13.0. The summed E-state index contributed by atoms with van der Waals surface area (Å²) < 4.78 is 0.477. The number of carbonyl (C=O) groups excluding carboxylic acids is 2. The van der Waals surface area contributed by atoms with Gasteiger partial charge >= 0.3 is 5.97 Å². The molecule has 0 radical (unpaired) electrons. The molecular weight excluding hydrogens is 514 g/mol. The largest absolute Gasteiger partial charge is 0.480 e. The molecule has 0 aliphatic carbocycles. The quantitative estimate of drug-likeness (QED) is 0.135. The van der Waals surface area contributed by atoms with Crippen LogP contribution in [0.15, 0.2) is 30.3 Å². The molecule has 3 aliphatic heterocycles. The summed E-state index contributed by atoms with van der Waals surface area (Å²) in [6.45, 7) is 2.26. The molecule has 0 spiro atoms. The van der Waals surface area contributed by atoms with Crippen LogP contribution in [0.1, 0.15) is 28.9 Å². The van der Waals surface area contributed by atoms with Crippen molar-refractivity contribution in [3.05, 3.63) is 46.7 Å². The van der Waals surface area contributed by atoms with Crippen molar-refractivity contribution in [1.29, 1.82) is 5.41 Å². The molecule has 1 aromatic carbocycles. The second kappa shape index (κ2) is 11.2. The molecule has 2 aromatic rings. The van der Waals surface area contributed by atoms with Crippen LogP contribution >= 0.6 is 11.6 Å². The molecule has 0 saturated carbocycles. The Kier molecular flexibility index (Phi) is 7.97. The Morgan fingerprint density at radius 1 is 1.13 bits per heavy atom. The average molecular weight is 545 g/mol. The molecule has 14 heteroatoms. The number of halogens is 1. The number of amides is 2. The summed E-state index contributed by atoms with van der Waals surface area (Å²) in [7, 11) is 0. The molecule has 13 nitrogen and oxygen atoms in total. The van der Waals surface area contributed by atoms with Crippen molar-refractivity contribution in [1.82, 2.24) is 25.9 Å². The van der Waals surface area contributed by atoms with Gasteiger partial charge in [-0.15, -0.1) is 0 Å². The Balaban J connectivity index is 1.35. The lowest BCUT2D eigenvalue weighted by Gasteiger charge is -2.52. The van der Waals surface area contributed by atoms with Crippen molar-refractivity contribution >= 4 is 47.0 Å². The number of benzene rings is 1. The molecule has 3 aliphatic rings. The van der Waals surface area contributed by atoms with Crippen molar-refractivity contribution in [2.75, 3.05) is 37.6 Å². The molecule has 1 aromatic heterocycles. The SMILES string of the molecule is N=C(NC(=O)c1nc(Cl)c(N)nc1N)N[C@@H]1C[N+]2(CC(=O)N[C@H](Cc3ccccc3)C(=O)O)CCC1CC2. The number of nitrogens with one attached hydrogen (secondary N) is 4. The second-order valence-corrected chi connectivity index (χ2v) is 10.2. The minimum atomic E-state index is -1.09. The van der Waals surface area contributed by atoms with E-state index in [-0.39, 0.29) is 59.3 Å². The predicted molar refractivity (Wildman–Crippen MR) is 140 cm³/mol. The number of carboxylic acids is 1. The number of guanidine groups is 1. The van der Waals surface area contributed by atoms with Gasteiger partial charge < -0.3 is 31.7 Å². The lowest BCUT2D eigenvalue weighted by atomic mass is 9.81. The Morgan fingerprint density at radius 2 is 1.82 bits per heavy atom. The highest BCUT2D eigenvalue weighted by atomic mass is 35.5. The van der Waals surface area contributed by atoms with E-state index in [9.17, 15) is 19.5 Å². The second-order valence-electron chi connectivity index (χ2n) is 9.83. The van der Waals surface area contributed by atoms with Crippen LogP contribution in [0.2, 0.25) is 5.15 Å². The number of nitrogens with two attached hydrogens (primary N) is 2. The van der Waals surface area contributed by atoms with Crippen LogP contribution in [0.3, 0.4) is 0 Å².